The van der Waals surface area contributed by atoms with E-state index in [0.29, 0.717) is 56.3 Å². The molecule has 1 N–H and O–H groups in total. The number of hydrogen-bond donors (Lipinski definition) is 1. The molecular weight excluding hydrogens is 402 g/mol. The number of nitrogens with zero attached hydrogens (tertiary/aromatic N) is 2. The van der Waals surface area contributed by atoms with E-state index < -0.39 is 0 Å². The highest BCUT2D eigenvalue weighted by Gasteiger charge is 2.22. The molecule has 1 aliphatic rings. The topological polar surface area (TPSA) is 61.9 Å². The first-order chi connectivity index (χ1) is 14.6. The Morgan fingerprint density at radius 2 is 1.70 bits per heavy atom. The zero-order chi connectivity index (χ0) is 21.3. The fraction of sp³-hybridized carbons (Fsp3) is 0.391. The molecule has 0 unspecified atom stereocenters. The number of carbonyl (C=O) groups is 2. The monoisotopic (exact) mass is 429 g/mol. The zero-order valence-electron chi connectivity index (χ0n) is 17.3. The van der Waals surface area contributed by atoms with Gasteiger partial charge < -0.3 is 19.9 Å². The quantitative estimate of drug-likeness (QED) is 0.738. The number of carbonyl (C=O) groups excluding carboxylic acids is 2. The number of nitrogens with one attached hydrogen (secondary N) is 1. The second-order valence-electron chi connectivity index (χ2n) is 7.20. The SMILES string of the molecule is CCOc1ccccc1CCC(=O)N1CCCN(C(=O)Nc2ccc(Cl)cc2)CC1. The molecular formula is C23H28ClN3O3. The van der Waals surface area contributed by atoms with Crippen molar-refractivity contribution in [2.75, 3.05) is 38.1 Å². The molecule has 0 aliphatic carbocycles. The number of halogens is 1. The maximum absolute atomic E-state index is 12.7. The van der Waals surface area contributed by atoms with E-state index in [4.69, 9.17) is 16.3 Å². The van der Waals surface area contributed by atoms with Gasteiger partial charge in [-0.15, -0.1) is 0 Å². The Morgan fingerprint density at radius 3 is 2.47 bits per heavy atom. The van der Waals surface area contributed by atoms with E-state index in [1.807, 2.05) is 36.1 Å². The molecule has 2 aromatic carbocycles. The standard InChI is InChI=1S/C23H28ClN3O3/c1-2-30-21-7-4-3-6-18(21)8-13-22(28)26-14-5-15-27(17-16-26)23(29)25-20-11-9-19(24)10-12-20/h3-4,6-7,9-12H,2,5,8,13-17H2,1H3,(H,25,29). The number of urea groups is 1. The van der Waals surface area contributed by atoms with Gasteiger partial charge in [-0.3, -0.25) is 4.79 Å². The van der Waals surface area contributed by atoms with Crippen LogP contribution in [0.15, 0.2) is 48.5 Å². The third kappa shape index (κ3) is 6.13. The summed E-state index contributed by atoms with van der Waals surface area (Å²) in [5.41, 5.74) is 1.75. The lowest BCUT2D eigenvalue weighted by Crippen LogP contribution is -2.39. The smallest absolute Gasteiger partial charge is 0.321 e. The fourth-order valence-corrected chi connectivity index (χ4v) is 3.64. The van der Waals surface area contributed by atoms with Crippen LogP contribution in [0.25, 0.3) is 0 Å². The van der Waals surface area contributed by atoms with Crippen molar-refractivity contribution in [3.63, 3.8) is 0 Å². The first-order valence-electron chi connectivity index (χ1n) is 10.4. The maximum atomic E-state index is 12.7. The lowest BCUT2D eigenvalue weighted by molar-refractivity contribution is -0.131. The van der Waals surface area contributed by atoms with Crippen LogP contribution < -0.4 is 10.1 Å². The predicted molar refractivity (Wildman–Crippen MR) is 119 cm³/mol. The molecule has 0 atom stereocenters. The van der Waals surface area contributed by atoms with E-state index in [2.05, 4.69) is 5.32 Å². The zero-order valence-corrected chi connectivity index (χ0v) is 18.0. The van der Waals surface area contributed by atoms with Crippen molar-refractivity contribution in [3.8, 4) is 5.75 Å². The van der Waals surface area contributed by atoms with Gasteiger partial charge in [0, 0.05) is 43.3 Å². The number of anilines is 1. The Hall–Kier alpha value is -2.73. The molecule has 1 aliphatic heterocycles. The van der Waals surface area contributed by atoms with E-state index in [1.54, 1.807) is 29.2 Å². The molecule has 1 saturated heterocycles. The number of rotatable bonds is 6. The highest BCUT2D eigenvalue weighted by molar-refractivity contribution is 6.30. The lowest BCUT2D eigenvalue weighted by Gasteiger charge is -2.22. The normalized spacial score (nSPS) is 14.2. The van der Waals surface area contributed by atoms with E-state index in [1.165, 1.54) is 0 Å². The summed E-state index contributed by atoms with van der Waals surface area (Å²) < 4.78 is 5.65. The van der Waals surface area contributed by atoms with Crippen LogP contribution in [0, 0.1) is 0 Å². The summed E-state index contributed by atoms with van der Waals surface area (Å²) in [5, 5.41) is 3.51. The second-order valence-corrected chi connectivity index (χ2v) is 7.64. The van der Waals surface area contributed by atoms with Gasteiger partial charge in [0.25, 0.3) is 0 Å². The lowest BCUT2D eigenvalue weighted by atomic mass is 10.1. The molecule has 0 aromatic heterocycles. The van der Waals surface area contributed by atoms with Crippen molar-refractivity contribution in [2.24, 2.45) is 0 Å². The molecule has 1 heterocycles. The van der Waals surface area contributed by atoms with Crippen molar-refractivity contribution in [1.29, 1.82) is 0 Å². The van der Waals surface area contributed by atoms with Crippen molar-refractivity contribution >= 4 is 29.2 Å². The van der Waals surface area contributed by atoms with Gasteiger partial charge in [-0.05, 0) is 55.7 Å². The Morgan fingerprint density at radius 1 is 1.00 bits per heavy atom. The largest absolute Gasteiger partial charge is 0.494 e. The molecule has 0 saturated carbocycles. The van der Waals surface area contributed by atoms with Crippen LogP contribution in [0.2, 0.25) is 5.02 Å². The summed E-state index contributed by atoms with van der Waals surface area (Å²) in [5.74, 6) is 0.954. The van der Waals surface area contributed by atoms with Gasteiger partial charge in [-0.25, -0.2) is 4.79 Å². The molecule has 7 heteroatoms. The Kier molecular flexibility index (Phi) is 7.97. The molecule has 2 aromatic rings. The molecule has 3 rings (SSSR count). The van der Waals surface area contributed by atoms with E-state index in [9.17, 15) is 9.59 Å². The van der Waals surface area contributed by atoms with Crippen molar-refractivity contribution < 1.29 is 14.3 Å². The third-order valence-electron chi connectivity index (χ3n) is 5.11. The third-order valence-corrected chi connectivity index (χ3v) is 5.36. The maximum Gasteiger partial charge on any atom is 0.321 e. The van der Waals surface area contributed by atoms with Gasteiger partial charge in [0.05, 0.1) is 6.61 Å². The van der Waals surface area contributed by atoms with Gasteiger partial charge >= 0.3 is 6.03 Å². The van der Waals surface area contributed by atoms with Crippen LogP contribution in [-0.2, 0) is 11.2 Å². The van der Waals surface area contributed by atoms with Gasteiger partial charge in [0.1, 0.15) is 5.75 Å². The summed E-state index contributed by atoms with van der Waals surface area (Å²) >= 11 is 5.89. The number of benzene rings is 2. The molecule has 0 bridgehead atoms. The number of para-hydroxylation sites is 1. The molecule has 30 heavy (non-hydrogen) atoms. The minimum atomic E-state index is -0.155. The second kappa shape index (κ2) is 10.9. The first-order valence-corrected chi connectivity index (χ1v) is 10.7. The van der Waals surface area contributed by atoms with Crippen LogP contribution in [-0.4, -0.2) is 54.5 Å². The van der Waals surface area contributed by atoms with Crippen LogP contribution in [0.1, 0.15) is 25.3 Å². The highest BCUT2D eigenvalue weighted by Crippen LogP contribution is 2.20. The Labute approximate surface area is 182 Å². The Bertz CT molecular complexity index is 857. The van der Waals surface area contributed by atoms with E-state index >= 15 is 0 Å². The fourth-order valence-electron chi connectivity index (χ4n) is 3.51. The van der Waals surface area contributed by atoms with Crippen LogP contribution in [0.5, 0.6) is 5.75 Å². The van der Waals surface area contributed by atoms with E-state index in [-0.39, 0.29) is 11.9 Å². The van der Waals surface area contributed by atoms with E-state index in [0.717, 1.165) is 17.7 Å². The van der Waals surface area contributed by atoms with Crippen LogP contribution in [0.3, 0.4) is 0 Å². The minimum Gasteiger partial charge on any atom is -0.494 e. The number of amides is 3. The number of hydrogen-bond acceptors (Lipinski definition) is 3. The molecule has 160 valence electrons. The van der Waals surface area contributed by atoms with Crippen LogP contribution >= 0.6 is 11.6 Å². The van der Waals surface area contributed by atoms with Crippen molar-refractivity contribution in [1.82, 2.24) is 9.80 Å². The summed E-state index contributed by atoms with van der Waals surface area (Å²) in [7, 11) is 0. The molecule has 3 amide bonds. The predicted octanol–water partition coefficient (Wildman–Crippen LogP) is 4.44. The minimum absolute atomic E-state index is 0.112. The first kappa shape index (κ1) is 22.0. The average Bonchev–Trinajstić information content (AvgIpc) is 3.01. The summed E-state index contributed by atoms with van der Waals surface area (Å²) in [6.45, 7) is 4.90. The van der Waals surface area contributed by atoms with Gasteiger partial charge in [0.2, 0.25) is 5.91 Å². The van der Waals surface area contributed by atoms with Crippen molar-refractivity contribution in [3.05, 3.63) is 59.1 Å². The average molecular weight is 430 g/mol. The molecule has 1 fully saturated rings. The molecule has 0 radical (unpaired) electrons. The highest BCUT2D eigenvalue weighted by atomic mass is 35.5. The van der Waals surface area contributed by atoms with Gasteiger partial charge in [0.15, 0.2) is 0 Å². The Balaban J connectivity index is 1.50. The summed E-state index contributed by atoms with van der Waals surface area (Å²) in [6, 6.07) is 14.7. The number of aryl methyl sites for hydroxylation is 1. The summed E-state index contributed by atoms with van der Waals surface area (Å²) in [4.78, 5) is 28.9. The van der Waals surface area contributed by atoms with Gasteiger partial charge in [-0.1, -0.05) is 29.8 Å². The van der Waals surface area contributed by atoms with Crippen molar-refractivity contribution in [2.45, 2.75) is 26.2 Å². The summed E-state index contributed by atoms with van der Waals surface area (Å²) in [6.07, 6.45) is 1.84. The molecule has 6 nitrogen and oxygen atoms in total. The van der Waals surface area contributed by atoms with Crippen LogP contribution in [0.4, 0.5) is 10.5 Å². The number of ether oxygens (including phenoxy) is 1. The van der Waals surface area contributed by atoms with Gasteiger partial charge in [-0.2, -0.15) is 0 Å². The molecule has 0 spiro atoms.